The fourth-order valence-electron chi connectivity index (χ4n) is 1.57. The summed E-state index contributed by atoms with van der Waals surface area (Å²) >= 11 is 0. The Labute approximate surface area is 87.7 Å². The molecule has 15 heavy (non-hydrogen) atoms. The highest BCUT2D eigenvalue weighted by Crippen LogP contribution is 2.27. The van der Waals surface area contributed by atoms with Crippen LogP contribution in [-0.4, -0.2) is 11.1 Å². The molecule has 1 rings (SSSR count). The van der Waals surface area contributed by atoms with Crippen molar-refractivity contribution in [3.63, 3.8) is 0 Å². The number of hydrogen-bond acceptors (Lipinski definition) is 2. The molecule has 3 N–H and O–H groups in total. The molecule has 0 heterocycles. The summed E-state index contributed by atoms with van der Waals surface area (Å²) in [6.07, 6.45) is -1.05. The van der Waals surface area contributed by atoms with Crippen molar-refractivity contribution in [1.82, 2.24) is 0 Å². The highest BCUT2D eigenvalue weighted by Gasteiger charge is 2.21. The zero-order valence-corrected chi connectivity index (χ0v) is 9.01. The van der Waals surface area contributed by atoms with Crippen LogP contribution in [0.3, 0.4) is 0 Å². The first kappa shape index (κ1) is 12.1. The van der Waals surface area contributed by atoms with Crippen molar-refractivity contribution in [1.29, 1.82) is 0 Å². The van der Waals surface area contributed by atoms with Crippen LogP contribution < -0.4 is 5.73 Å². The van der Waals surface area contributed by atoms with Crippen LogP contribution in [0.2, 0.25) is 0 Å². The summed E-state index contributed by atoms with van der Waals surface area (Å²) in [6, 6.07) is 0.255. The molecule has 0 aliphatic rings. The molecule has 4 heteroatoms. The van der Waals surface area contributed by atoms with E-state index in [-0.39, 0.29) is 16.7 Å². The summed E-state index contributed by atoms with van der Waals surface area (Å²) in [6.45, 7) is 4.60. The van der Waals surface area contributed by atoms with E-state index < -0.39 is 23.8 Å². The lowest BCUT2D eigenvalue weighted by Crippen LogP contribution is -2.26. The molecular weight excluding hydrogens is 200 g/mol. The Morgan fingerprint density at radius 2 is 1.60 bits per heavy atom. The van der Waals surface area contributed by atoms with Gasteiger partial charge >= 0.3 is 0 Å². The molecule has 0 radical (unpaired) electrons. The Morgan fingerprint density at radius 1 is 1.20 bits per heavy atom. The summed E-state index contributed by atoms with van der Waals surface area (Å²) in [4.78, 5) is 0. The minimum absolute atomic E-state index is 0.249. The predicted octanol–water partition coefficient (Wildman–Crippen LogP) is 1.96. The van der Waals surface area contributed by atoms with Gasteiger partial charge in [-0.15, -0.1) is 0 Å². The van der Waals surface area contributed by atoms with E-state index in [1.54, 1.807) is 6.92 Å². The molecule has 0 amide bonds. The molecule has 2 unspecified atom stereocenters. The fraction of sp³-hybridized carbons (Fsp3) is 0.455. The molecule has 2 nitrogen and oxygen atoms in total. The van der Waals surface area contributed by atoms with Crippen LogP contribution in [0.25, 0.3) is 0 Å². The van der Waals surface area contributed by atoms with Gasteiger partial charge in [0.2, 0.25) is 0 Å². The maximum absolute atomic E-state index is 13.3. The van der Waals surface area contributed by atoms with Gasteiger partial charge in [-0.2, -0.15) is 0 Å². The molecule has 0 bridgehead atoms. The van der Waals surface area contributed by atoms with Crippen LogP contribution in [0.15, 0.2) is 6.07 Å². The molecule has 84 valence electrons. The molecule has 1 aromatic rings. The zero-order chi connectivity index (χ0) is 11.7. The predicted molar refractivity (Wildman–Crippen MR) is 54.4 cm³/mol. The standard InChI is InChI=1S/C11H15F2NO/c1-5-8(12)4-9(13)6(2)10(5)11(15)7(3)14/h4,7,11,15H,14H2,1-3H3. The highest BCUT2D eigenvalue weighted by molar-refractivity contribution is 5.38. The first-order valence-corrected chi connectivity index (χ1v) is 4.75. The molecule has 0 aliphatic heterocycles. The molecule has 0 saturated heterocycles. The van der Waals surface area contributed by atoms with Gasteiger partial charge in [0.1, 0.15) is 11.6 Å². The number of aliphatic hydroxyl groups is 1. The summed E-state index contributed by atoms with van der Waals surface area (Å²) < 4.78 is 26.5. The number of hydrogen-bond donors (Lipinski definition) is 2. The molecular formula is C11H15F2NO. The van der Waals surface area contributed by atoms with Gasteiger partial charge in [-0.3, -0.25) is 0 Å². The number of benzene rings is 1. The number of aliphatic hydroxyl groups excluding tert-OH is 1. The van der Waals surface area contributed by atoms with Gasteiger partial charge in [-0.1, -0.05) is 0 Å². The lowest BCUT2D eigenvalue weighted by Gasteiger charge is -2.20. The average Bonchev–Trinajstić information content (AvgIpc) is 2.15. The number of rotatable bonds is 2. The zero-order valence-electron chi connectivity index (χ0n) is 9.01. The van der Waals surface area contributed by atoms with Crippen molar-refractivity contribution in [2.75, 3.05) is 0 Å². The van der Waals surface area contributed by atoms with Crippen LogP contribution in [0, 0.1) is 25.5 Å². The Morgan fingerprint density at radius 3 is 1.93 bits per heavy atom. The maximum Gasteiger partial charge on any atom is 0.129 e. The van der Waals surface area contributed by atoms with Gasteiger partial charge in [0.05, 0.1) is 6.10 Å². The summed E-state index contributed by atoms with van der Waals surface area (Å²) in [5, 5.41) is 9.75. The van der Waals surface area contributed by atoms with Crippen molar-refractivity contribution < 1.29 is 13.9 Å². The normalized spacial score (nSPS) is 15.1. The summed E-state index contributed by atoms with van der Waals surface area (Å²) in [5.41, 5.74) is 6.26. The van der Waals surface area contributed by atoms with E-state index in [0.29, 0.717) is 0 Å². The fourth-order valence-corrected chi connectivity index (χ4v) is 1.57. The van der Waals surface area contributed by atoms with Gasteiger partial charge in [0, 0.05) is 12.1 Å². The molecule has 0 aromatic heterocycles. The monoisotopic (exact) mass is 215 g/mol. The minimum atomic E-state index is -1.05. The van der Waals surface area contributed by atoms with Crippen molar-refractivity contribution in [2.24, 2.45) is 5.73 Å². The Balaban J connectivity index is 3.39. The average molecular weight is 215 g/mol. The second-order valence-electron chi connectivity index (χ2n) is 3.81. The van der Waals surface area contributed by atoms with Crippen LogP contribution in [0.1, 0.15) is 29.7 Å². The smallest absolute Gasteiger partial charge is 0.129 e. The largest absolute Gasteiger partial charge is 0.387 e. The van der Waals surface area contributed by atoms with Crippen LogP contribution >= 0.6 is 0 Å². The van der Waals surface area contributed by atoms with Gasteiger partial charge in [0.15, 0.2) is 0 Å². The molecule has 0 saturated carbocycles. The molecule has 2 atom stereocenters. The second kappa shape index (κ2) is 4.24. The van der Waals surface area contributed by atoms with E-state index in [4.69, 9.17) is 5.73 Å². The number of halogens is 2. The lowest BCUT2D eigenvalue weighted by molar-refractivity contribution is 0.151. The highest BCUT2D eigenvalue weighted by atomic mass is 19.1. The third-order valence-corrected chi connectivity index (χ3v) is 2.57. The SMILES string of the molecule is Cc1c(F)cc(F)c(C)c1C(O)C(C)N. The van der Waals surface area contributed by atoms with Crippen LogP contribution in [0.5, 0.6) is 0 Å². The van der Waals surface area contributed by atoms with E-state index in [1.165, 1.54) is 13.8 Å². The van der Waals surface area contributed by atoms with Crippen molar-refractivity contribution in [3.05, 3.63) is 34.4 Å². The molecule has 1 aromatic carbocycles. The topological polar surface area (TPSA) is 46.2 Å². The third kappa shape index (κ3) is 2.16. The number of nitrogens with two attached hydrogens (primary N) is 1. The Bertz CT molecular complexity index is 351. The van der Waals surface area contributed by atoms with E-state index >= 15 is 0 Å². The van der Waals surface area contributed by atoms with Crippen molar-refractivity contribution in [3.8, 4) is 0 Å². The van der Waals surface area contributed by atoms with Crippen LogP contribution in [0.4, 0.5) is 8.78 Å². The second-order valence-corrected chi connectivity index (χ2v) is 3.81. The van der Waals surface area contributed by atoms with Gasteiger partial charge in [0.25, 0.3) is 0 Å². The molecule has 0 spiro atoms. The summed E-state index contributed by atoms with van der Waals surface area (Å²) in [5.74, 6) is -1.32. The van der Waals surface area contributed by atoms with Crippen LogP contribution in [-0.2, 0) is 0 Å². The minimum Gasteiger partial charge on any atom is -0.387 e. The maximum atomic E-state index is 13.3. The van der Waals surface area contributed by atoms with E-state index in [2.05, 4.69) is 0 Å². The molecule has 0 aliphatic carbocycles. The lowest BCUT2D eigenvalue weighted by atomic mass is 9.94. The van der Waals surface area contributed by atoms with Crippen molar-refractivity contribution >= 4 is 0 Å². The van der Waals surface area contributed by atoms with E-state index in [1.807, 2.05) is 0 Å². The first-order valence-electron chi connectivity index (χ1n) is 4.75. The van der Waals surface area contributed by atoms with E-state index in [9.17, 15) is 13.9 Å². The molecule has 0 fully saturated rings. The van der Waals surface area contributed by atoms with E-state index in [0.717, 1.165) is 6.07 Å². The van der Waals surface area contributed by atoms with Crippen molar-refractivity contribution in [2.45, 2.75) is 32.9 Å². The Kier molecular flexibility index (Phi) is 3.42. The summed E-state index contributed by atoms with van der Waals surface area (Å²) in [7, 11) is 0. The third-order valence-electron chi connectivity index (χ3n) is 2.57. The van der Waals surface area contributed by atoms with Gasteiger partial charge in [-0.25, -0.2) is 8.78 Å². The van der Waals surface area contributed by atoms with Gasteiger partial charge < -0.3 is 10.8 Å². The quantitative estimate of drug-likeness (QED) is 0.792. The Hall–Kier alpha value is -1.00. The van der Waals surface area contributed by atoms with Gasteiger partial charge in [-0.05, 0) is 37.5 Å². The first-order chi connectivity index (χ1) is 6.86.